The standard InChI is InChI=1S/C30H30N4O4S.C26H27N5O5S/c1-4-17-34(39(35,36)23-9-6-5-7-10-23)27-15-14-24-25(27)11-8-12-26(24)29-32-30(38-33-29)21-13-16-28(37-20(2)3)22(18-21)19-31;1-16(2)35-23-10-7-17(13-18(23)14-27)26-28-25(29-36-26)21-6-3-5-20-19(21)8-9-22(20)30-37(33,34)15-24(32)31-11-4-12-31/h5-13,16,18,20,27H,4,14-15,17H2,1-3H3;3,5-7,10,13,16,22,30H,4,8-9,11-12,15H2,1-2H3/t27-;22-/m11/s1. The molecular weight excluding hydrogens is 1010 g/mol. The summed E-state index contributed by atoms with van der Waals surface area (Å²) >= 11 is 0. The molecule has 3 heterocycles. The van der Waals surface area contributed by atoms with Gasteiger partial charge in [-0.05, 0) is 137 Å². The van der Waals surface area contributed by atoms with Crippen LogP contribution in [0.3, 0.4) is 0 Å². The number of ether oxygens (including phenoxy) is 2. The van der Waals surface area contributed by atoms with Crippen molar-refractivity contribution in [3.05, 3.63) is 137 Å². The lowest BCUT2D eigenvalue weighted by atomic mass is 10.0. The number of nitrogens with one attached hydrogen (secondary N) is 1. The van der Waals surface area contributed by atoms with E-state index in [0.29, 0.717) is 108 Å². The van der Waals surface area contributed by atoms with Gasteiger partial charge in [0.2, 0.25) is 37.6 Å². The van der Waals surface area contributed by atoms with Crippen LogP contribution >= 0.6 is 0 Å². The Morgan fingerprint density at radius 1 is 0.737 bits per heavy atom. The number of nitrogens with zero attached hydrogens (tertiary/aromatic N) is 8. The normalized spacial score (nSPS) is 15.8. The summed E-state index contributed by atoms with van der Waals surface area (Å²) in [5.41, 5.74) is 7.32. The summed E-state index contributed by atoms with van der Waals surface area (Å²) in [5, 5.41) is 27.5. The molecule has 0 radical (unpaired) electrons. The van der Waals surface area contributed by atoms with Crippen LogP contribution < -0.4 is 14.2 Å². The van der Waals surface area contributed by atoms with Crippen LogP contribution in [0.4, 0.5) is 0 Å². The predicted molar refractivity (Wildman–Crippen MR) is 282 cm³/mol. The molecule has 1 amide bonds. The van der Waals surface area contributed by atoms with Crippen molar-refractivity contribution in [2.45, 2.75) is 102 Å². The Kier molecular flexibility index (Phi) is 15.8. The van der Waals surface area contributed by atoms with Crippen molar-refractivity contribution in [2.75, 3.05) is 25.4 Å². The molecular formula is C56H57N9O9S2. The fourth-order valence-corrected chi connectivity index (χ4v) is 12.7. The summed E-state index contributed by atoms with van der Waals surface area (Å²) in [5.74, 6) is 1.45. The number of nitriles is 2. The van der Waals surface area contributed by atoms with Crippen LogP contribution in [-0.2, 0) is 37.7 Å². The molecule has 2 atom stereocenters. The number of rotatable bonds is 17. The molecule has 5 aromatic carbocycles. The van der Waals surface area contributed by atoms with E-state index in [-0.39, 0.29) is 30.0 Å². The zero-order chi connectivity index (χ0) is 53.7. The highest BCUT2D eigenvalue weighted by atomic mass is 32.2. The van der Waals surface area contributed by atoms with Crippen LogP contribution in [0.2, 0.25) is 0 Å². The third-order valence-electron chi connectivity index (χ3n) is 13.2. The number of likely N-dealkylation sites (tertiary alicyclic amines) is 1. The van der Waals surface area contributed by atoms with Crippen molar-refractivity contribution in [2.24, 2.45) is 0 Å². The van der Waals surface area contributed by atoms with Crippen LogP contribution in [0, 0.1) is 22.7 Å². The molecule has 1 N–H and O–H groups in total. The molecule has 18 nitrogen and oxygen atoms in total. The number of amides is 1. The fraction of sp³-hybridized carbons (Fsp3) is 0.339. The molecule has 1 aliphatic heterocycles. The van der Waals surface area contributed by atoms with Gasteiger partial charge < -0.3 is 23.4 Å². The highest BCUT2D eigenvalue weighted by molar-refractivity contribution is 7.90. The summed E-state index contributed by atoms with van der Waals surface area (Å²) in [4.78, 5) is 23.2. The first-order chi connectivity index (χ1) is 36.6. The Morgan fingerprint density at radius 2 is 1.28 bits per heavy atom. The van der Waals surface area contributed by atoms with Gasteiger partial charge in [0.15, 0.2) is 0 Å². The molecule has 1 saturated heterocycles. The van der Waals surface area contributed by atoms with Crippen molar-refractivity contribution in [1.29, 1.82) is 10.5 Å². The van der Waals surface area contributed by atoms with Crippen molar-refractivity contribution in [3.63, 3.8) is 0 Å². The molecule has 0 spiro atoms. The summed E-state index contributed by atoms with van der Waals surface area (Å²) < 4.78 is 79.4. The molecule has 0 bridgehead atoms. The minimum Gasteiger partial charge on any atom is -0.490 e. The van der Waals surface area contributed by atoms with Crippen molar-refractivity contribution < 1.29 is 40.2 Å². The van der Waals surface area contributed by atoms with E-state index in [0.717, 1.165) is 39.8 Å². The first kappa shape index (κ1) is 53.1. The van der Waals surface area contributed by atoms with Crippen LogP contribution in [0.1, 0.15) is 106 Å². The lowest BCUT2D eigenvalue weighted by Crippen LogP contribution is -2.46. The molecule has 76 heavy (non-hydrogen) atoms. The number of carbonyl (C=O) groups is 1. The average molecular weight is 1060 g/mol. The van der Waals surface area contributed by atoms with Gasteiger partial charge in [-0.1, -0.05) is 71.8 Å². The third kappa shape index (κ3) is 11.4. The van der Waals surface area contributed by atoms with Gasteiger partial charge in [0.05, 0.1) is 34.3 Å². The van der Waals surface area contributed by atoms with Crippen molar-refractivity contribution in [1.82, 2.24) is 34.2 Å². The van der Waals surface area contributed by atoms with E-state index < -0.39 is 31.8 Å². The summed E-state index contributed by atoms with van der Waals surface area (Å²) in [6, 6.07) is 33.9. The van der Waals surface area contributed by atoms with Crippen LogP contribution in [0.25, 0.3) is 45.7 Å². The van der Waals surface area contributed by atoms with Gasteiger partial charge in [-0.15, -0.1) is 0 Å². The van der Waals surface area contributed by atoms with Crippen LogP contribution in [-0.4, -0.2) is 89.8 Å². The van der Waals surface area contributed by atoms with E-state index in [9.17, 15) is 32.2 Å². The molecule has 3 aliphatic rings. The van der Waals surface area contributed by atoms with Gasteiger partial charge in [-0.2, -0.15) is 24.8 Å². The molecule has 0 saturated carbocycles. The van der Waals surface area contributed by atoms with E-state index >= 15 is 0 Å². The maximum atomic E-state index is 13.6. The zero-order valence-electron chi connectivity index (χ0n) is 42.8. The van der Waals surface area contributed by atoms with E-state index in [4.69, 9.17) is 18.5 Å². The van der Waals surface area contributed by atoms with Crippen LogP contribution in [0.15, 0.2) is 117 Å². The smallest absolute Gasteiger partial charge is 0.258 e. The summed E-state index contributed by atoms with van der Waals surface area (Å²) in [6.45, 7) is 11.2. The average Bonchev–Trinajstić information content (AvgIpc) is 4.23. The van der Waals surface area contributed by atoms with Gasteiger partial charge in [-0.25, -0.2) is 21.6 Å². The summed E-state index contributed by atoms with van der Waals surface area (Å²) in [7, 11) is -7.45. The topological polar surface area (TPSA) is 248 Å². The molecule has 1 fully saturated rings. The zero-order valence-corrected chi connectivity index (χ0v) is 44.4. The van der Waals surface area contributed by atoms with E-state index in [2.05, 4.69) is 37.1 Å². The molecule has 20 heteroatoms. The number of benzene rings is 5. The number of aromatic nitrogens is 4. The van der Waals surface area contributed by atoms with Gasteiger partial charge in [-0.3, -0.25) is 4.79 Å². The second-order valence-corrected chi connectivity index (χ2v) is 22.9. The lowest BCUT2D eigenvalue weighted by molar-refractivity contribution is -0.131. The number of hydrogen-bond acceptors (Lipinski definition) is 15. The van der Waals surface area contributed by atoms with Gasteiger partial charge in [0.1, 0.15) is 29.4 Å². The third-order valence-corrected chi connectivity index (χ3v) is 16.4. The minimum atomic E-state index is -3.78. The lowest BCUT2D eigenvalue weighted by Gasteiger charge is -2.30. The first-order valence-corrected chi connectivity index (χ1v) is 28.3. The van der Waals surface area contributed by atoms with Crippen LogP contribution in [0.5, 0.6) is 11.5 Å². The Hall–Kier alpha value is -7.75. The Bertz CT molecular complexity index is 3580. The fourth-order valence-electron chi connectivity index (χ4n) is 9.71. The van der Waals surface area contributed by atoms with Gasteiger partial charge in [0.25, 0.3) is 11.8 Å². The molecule has 10 rings (SSSR count). The maximum Gasteiger partial charge on any atom is 0.258 e. The van der Waals surface area contributed by atoms with Crippen molar-refractivity contribution in [3.8, 4) is 69.3 Å². The molecule has 2 aromatic heterocycles. The highest BCUT2D eigenvalue weighted by Crippen LogP contribution is 2.43. The second kappa shape index (κ2) is 22.6. The predicted octanol–water partition coefficient (Wildman–Crippen LogP) is 9.35. The quantitative estimate of drug-likeness (QED) is 0.0892. The minimum absolute atomic E-state index is 0.0575. The number of hydrogen-bond donors (Lipinski definition) is 1. The van der Waals surface area contributed by atoms with Crippen molar-refractivity contribution >= 4 is 26.0 Å². The maximum absolute atomic E-state index is 13.6. The molecule has 7 aromatic rings. The number of sulfonamides is 2. The summed E-state index contributed by atoms with van der Waals surface area (Å²) in [6.07, 6.45) is 4.06. The molecule has 2 aliphatic carbocycles. The first-order valence-electron chi connectivity index (χ1n) is 25.3. The monoisotopic (exact) mass is 1060 g/mol. The number of fused-ring (bicyclic) bond motifs is 2. The Balaban J connectivity index is 0.000000186. The largest absolute Gasteiger partial charge is 0.490 e. The SMILES string of the molecule is CC(C)Oc1ccc(-c2nc(-c3cccc4c3CC[C@H]4NS(=O)(=O)CC(=O)N3CCC3)no2)cc1C#N.CCCN([C@@H]1CCc2c(-c3noc(-c4ccc(OC(C)C)c(C#N)c4)n3)cccc21)S(=O)(=O)c1ccccc1. The van der Waals surface area contributed by atoms with Gasteiger partial charge >= 0.3 is 0 Å². The molecule has 392 valence electrons. The Labute approximate surface area is 442 Å². The van der Waals surface area contributed by atoms with E-state index in [1.165, 1.54) is 0 Å². The van der Waals surface area contributed by atoms with E-state index in [1.54, 1.807) is 69.9 Å². The second-order valence-electron chi connectivity index (χ2n) is 19.3. The van der Waals surface area contributed by atoms with E-state index in [1.807, 2.05) is 77.1 Å². The molecule has 0 unspecified atom stereocenters. The number of carbonyl (C=O) groups excluding carboxylic acids is 1. The Morgan fingerprint density at radius 3 is 1.79 bits per heavy atom. The van der Waals surface area contributed by atoms with Gasteiger partial charge in [0, 0.05) is 47.9 Å². The highest BCUT2D eigenvalue weighted by Gasteiger charge is 2.38.